The van der Waals surface area contributed by atoms with Crippen LogP contribution in [0.25, 0.3) is 0 Å². The molecule has 6 heteroatoms. The molecule has 0 radical (unpaired) electrons. The van der Waals surface area contributed by atoms with Crippen LogP contribution in [0.4, 0.5) is 4.79 Å². The maximum atomic E-state index is 12.1. The molecule has 4 rings (SSSR count). The van der Waals surface area contributed by atoms with E-state index in [-0.39, 0.29) is 6.03 Å². The van der Waals surface area contributed by atoms with Gasteiger partial charge in [-0.05, 0) is 56.7 Å². The van der Waals surface area contributed by atoms with Crippen molar-refractivity contribution >= 4 is 6.03 Å². The molecule has 3 fully saturated rings. The van der Waals surface area contributed by atoms with Crippen LogP contribution in [-0.4, -0.2) is 66.8 Å². The molecule has 2 N–H and O–H groups in total. The second kappa shape index (κ2) is 9.45. The number of rotatable bonds is 7. The molecule has 2 amide bonds. The van der Waals surface area contributed by atoms with Crippen molar-refractivity contribution < 1.29 is 9.53 Å². The molecule has 2 aliphatic heterocycles. The van der Waals surface area contributed by atoms with Crippen molar-refractivity contribution in [1.29, 1.82) is 0 Å². The van der Waals surface area contributed by atoms with Crippen LogP contribution >= 0.6 is 0 Å². The molecule has 2 saturated heterocycles. The molecule has 3 unspecified atom stereocenters. The zero-order chi connectivity index (χ0) is 20.2. The standard InChI is InChI=1S/C23H36N4O2/c1-17-13-26(14-18(2)29-17)15-20-5-3-19(4-6-20)11-24-23(28)25-12-21-9-10-27(16-21)22-7-8-22/h3-6,17-18,21-22H,7-16H2,1-2H3,(H2,24,25,28). The van der Waals surface area contributed by atoms with Gasteiger partial charge in [0.25, 0.3) is 0 Å². The van der Waals surface area contributed by atoms with Crippen molar-refractivity contribution in [2.75, 3.05) is 32.7 Å². The number of ether oxygens (including phenoxy) is 1. The highest BCUT2D eigenvalue weighted by molar-refractivity contribution is 5.73. The normalized spacial score (nSPS) is 28.4. The molecule has 160 valence electrons. The SMILES string of the molecule is CC1CN(Cc2ccc(CNC(=O)NCC3CCN(C4CC4)C3)cc2)CC(C)O1. The third-order valence-corrected chi connectivity index (χ3v) is 6.31. The Morgan fingerprint density at radius 1 is 1.00 bits per heavy atom. The molecule has 0 bridgehead atoms. The van der Waals surface area contributed by atoms with Gasteiger partial charge in [0, 0.05) is 45.3 Å². The number of carbonyl (C=O) groups is 1. The molecule has 1 aromatic carbocycles. The number of likely N-dealkylation sites (tertiary alicyclic amines) is 1. The average molecular weight is 401 g/mol. The molecule has 2 heterocycles. The third kappa shape index (κ3) is 6.17. The van der Waals surface area contributed by atoms with E-state index in [2.05, 4.69) is 58.5 Å². The van der Waals surface area contributed by atoms with Gasteiger partial charge in [-0.1, -0.05) is 24.3 Å². The van der Waals surface area contributed by atoms with E-state index in [1.54, 1.807) is 0 Å². The van der Waals surface area contributed by atoms with E-state index in [4.69, 9.17) is 4.74 Å². The van der Waals surface area contributed by atoms with Gasteiger partial charge in [0.1, 0.15) is 0 Å². The number of nitrogens with one attached hydrogen (secondary N) is 2. The Bertz CT molecular complexity index is 666. The minimum atomic E-state index is -0.0600. The van der Waals surface area contributed by atoms with Gasteiger partial charge < -0.3 is 20.3 Å². The summed E-state index contributed by atoms with van der Waals surface area (Å²) < 4.78 is 5.81. The summed E-state index contributed by atoms with van der Waals surface area (Å²) in [7, 11) is 0. The van der Waals surface area contributed by atoms with E-state index in [9.17, 15) is 4.79 Å². The lowest BCUT2D eigenvalue weighted by Crippen LogP contribution is -2.44. The molecule has 0 spiro atoms. The van der Waals surface area contributed by atoms with Crippen LogP contribution in [0.5, 0.6) is 0 Å². The molecule has 6 nitrogen and oxygen atoms in total. The second-order valence-corrected chi connectivity index (χ2v) is 9.21. The van der Waals surface area contributed by atoms with Crippen molar-refractivity contribution in [2.24, 2.45) is 5.92 Å². The highest BCUT2D eigenvalue weighted by Crippen LogP contribution is 2.31. The van der Waals surface area contributed by atoms with E-state index in [0.717, 1.165) is 44.3 Å². The van der Waals surface area contributed by atoms with Crippen LogP contribution in [-0.2, 0) is 17.8 Å². The van der Waals surface area contributed by atoms with Crippen molar-refractivity contribution in [3.8, 4) is 0 Å². The zero-order valence-electron chi connectivity index (χ0n) is 17.9. The Kier molecular flexibility index (Phi) is 6.73. The Balaban J connectivity index is 1.15. The summed E-state index contributed by atoms with van der Waals surface area (Å²) in [5.41, 5.74) is 2.44. The first-order valence-electron chi connectivity index (χ1n) is 11.3. The van der Waals surface area contributed by atoms with Gasteiger partial charge in [-0.15, -0.1) is 0 Å². The van der Waals surface area contributed by atoms with Gasteiger partial charge in [0.05, 0.1) is 12.2 Å². The first-order chi connectivity index (χ1) is 14.0. The van der Waals surface area contributed by atoms with Crippen LogP contribution in [0.1, 0.15) is 44.2 Å². The number of amides is 2. The molecule has 1 saturated carbocycles. The number of carbonyl (C=O) groups excluding carboxylic acids is 1. The van der Waals surface area contributed by atoms with E-state index in [1.807, 2.05) is 0 Å². The smallest absolute Gasteiger partial charge is 0.315 e. The van der Waals surface area contributed by atoms with E-state index >= 15 is 0 Å². The summed E-state index contributed by atoms with van der Waals surface area (Å²) in [4.78, 5) is 17.2. The number of benzene rings is 1. The topological polar surface area (TPSA) is 56.8 Å². The van der Waals surface area contributed by atoms with Crippen LogP contribution in [0.3, 0.4) is 0 Å². The summed E-state index contributed by atoms with van der Waals surface area (Å²) in [5.74, 6) is 0.603. The van der Waals surface area contributed by atoms with Crippen LogP contribution in [0, 0.1) is 5.92 Å². The zero-order valence-corrected chi connectivity index (χ0v) is 17.9. The second-order valence-electron chi connectivity index (χ2n) is 9.21. The highest BCUT2D eigenvalue weighted by atomic mass is 16.5. The Morgan fingerprint density at radius 3 is 2.38 bits per heavy atom. The van der Waals surface area contributed by atoms with Crippen LogP contribution in [0.2, 0.25) is 0 Å². The molecule has 1 aromatic rings. The molecule has 3 atom stereocenters. The number of hydrogen-bond acceptors (Lipinski definition) is 4. The van der Waals surface area contributed by atoms with Gasteiger partial charge in [-0.2, -0.15) is 0 Å². The molecular formula is C23H36N4O2. The highest BCUT2D eigenvalue weighted by Gasteiger charge is 2.34. The minimum absolute atomic E-state index is 0.0600. The number of hydrogen-bond donors (Lipinski definition) is 2. The van der Waals surface area contributed by atoms with E-state index < -0.39 is 0 Å². The van der Waals surface area contributed by atoms with Crippen molar-refractivity contribution in [1.82, 2.24) is 20.4 Å². The van der Waals surface area contributed by atoms with Crippen LogP contribution < -0.4 is 10.6 Å². The number of nitrogens with zero attached hydrogens (tertiary/aromatic N) is 2. The first kappa shape index (κ1) is 20.6. The quantitative estimate of drug-likeness (QED) is 0.739. The summed E-state index contributed by atoms with van der Waals surface area (Å²) in [6.07, 6.45) is 4.52. The van der Waals surface area contributed by atoms with Crippen LogP contribution in [0.15, 0.2) is 24.3 Å². The molecular weight excluding hydrogens is 364 g/mol. The first-order valence-corrected chi connectivity index (χ1v) is 11.3. The predicted molar refractivity (Wildman–Crippen MR) is 115 cm³/mol. The lowest BCUT2D eigenvalue weighted by atomic mass is 10.1. The Labute approximate surface area is 175 Å². The molecule has 0 aromatic heterocycles. The Morgan fingerprint density at radius 2 is 1.69 bits per heavy atom. The van der Waals surface area contributed by atoms with E-state index in [0.29, 0.717) is 24.7 Å². The molecule has 29 heavy (non-hydrogen) atoms. The maximum absolute atomic E-state index is 12.1. The molecule has 1 aliphatic carbocycles. The fourth-order valence-corrected chi connectivity index (χ4v) is 4.72. The van der Waals surface area contributed by atoms with Gasteiger partial charge in [0.15, 0.2) is 0 Å². The van der Waals surface area contributed by atoms with Gasteiger partial charge in [-0.3, -0.25) is 4.90 Å². The predicted octanol–water partition coefficient (Wildman–Crippen LogP) is 2.58. The largest absolute Gasteiger partial charge is 0.373 e. The lowest BCUT2D eigenvalue weighted by Gasteiger charge is -2.35. The average Bonchev–Trinajstić information content (AvgIpc) is 3.43. The summed E-state index contributed by atoms with van der Waals surface area (Å²) in [5, 5.41) is 6.04. The Hall–Kier alpha value is -1.63. The van der Waals surface area contributed by atoms with Gasteiger partial charge >= 0.3 is 6.03 Å². The van der Waals surface area contributed by atoms with Crippen molar-refractivity contribution in [2.45, 2.75) is 64.4 Å². The summed E-state index contributed by atoms with van der Waals surface area (Å²) >= 11 is 0. The molecule has 3 aliphatic rings. The monoisotopic (exact) mass is 400 g/mol. The minimum Gasteiger partial charge on any atom is -0.373 e. The fraction of sp³-hybridized carbons (Fsp3) is 0.696. The van der Waals surface area contributed by atoms with E-state index in [1.165, 1.54) is 31.4 Å². The van der Waals surface area contributed by atoms with Crippen molar-refractivity contribution in [3.05, 3.63) is 35.4 Å². The third-order valence-electron chi connectivity index (χ3n) is 6.31. The maximum Gasteiger partial charge on any atom is 0.315 e. The summed E-state index contributed by atoms with van der Waals surface area (Å²) in [6, 6.07) is 9.36. The number of morpholine rings is 1. The van der Waals surface area contributed by atoms with Gasteiger partial charge in [-0.25, -0.2) is 4.79 Å². The van der Waals surface area contributed by atoms with Gasteiger partial charge in [0.2, 0.25) is 0 Å². The number of urea groups is 1. The lowest BCUT2D eigenvalue weighted by molar-refractivity contribution is -0.0704. The van der Waals surface area contributed by atoms with Crippen molar-refractivity contribution in [3.63, 3.8) is 0 Å². The fourth-order valence-electron chi connectivity index (χ4n) is 4.72. The summed E-state index contributed by atoms with van der Waals surface area (Å²) in [6.45, 7) is 10.9.